The van der Waals surface area contributed by atoms with Crippen molar-refractivity contribution < 1.29 is 0 Å². The van der Waals surface area contributed by atoms with Crippen LogP contribution in [0.4, 0.5) is 5.82 Å². The molecule has 4 nitrogen and oxygen atoms in total. The average Bonchev–Trinajstić information content (AvgIpc) is 3.00. The molecule has 106 valence electrons. The van der Waals surface area contributed by atoms with Crippen LogP contribution in [0.3, 0.4) is 0 Å². The molecule has 0 bridgehead atoms. The van der Waals surface area contributed by atoms with Crippen molar-refractivity contribution in [2.75, 3.05) is 5.32 Å². The minimum Gasteiger partial charge on any atom is -0.367 e. The van der Waals surface area contributed by atoms with Crippen molar-refractivity contribution in [3.8, 4) is 0 Å². The van der Waals surface area contributed by atoms with Crippen molar-refractivity contribution in [2.24, 2.45) is 0 Å². The Morgan fingerprint density at radius 3 is 3.24 bits per heavy atom. The second-order valence-corrected chi connectivity index (χ2v) is 5.71. The van der Waals surface area contributed by atoms with Gasteiger partial charge < -0.3 is 5.32 Å². The lowest BCUT2D eigenvalue weighted by Crippen LogP contribution is -2.26. The second kappa shape index (κ2) is 5.20. The molecule has 4 rings (SSSR count). The number of hydrogen-bond acceptors (Lipinski definition) is 3. The highest BCUT2D eigenvalue weighted by Crippen LogP contribution is 2.24. The van der Waals surface area contributed by atoms with Gasteiger partial charge in [0.25, 0.3) is 0 Å². The van der Waals surface area contributed by atoms with Gasteiger partial charge in [-0.15, -0.1) is 0 Å². The van der Waals surface area contributed by atoms with Gasteiger partial charge in [-0.3, -0.25) is 5.10 Å². The number of pyridine rings is 1. The Kier molecular flexibility index (Phi) is 3.07. The smallest absolute Gasteiger partial charge is 0.129 e. The zero-order valence-electron chi connectivity index (χ0n) is 11.8. The number of anilines is 1. The minimum atomic E-state index is 0.516. The van der Waals surface area contributed by atoms with Crippen molar-refractivity contribution in [3.05, 3.63) is 53.9 Å². The second-order valence-electron chi connectivity index (χ2n) is 5.71. The average molecular weight is 278 g/mol. The number of nitrogens with zero attached hydrogens (tertiary/aromatic N) is 2. The lowest BCUT2D eigenvalue weighted by molar-refractivity contribution is 0.582. The summed E-state index contributed by atoms with van der Waals surface area (Å²) in [5, 5.41) is 11.9. The predicted molar refractivity (Wildman–Crippen MR) is 84.4 cm³/mol. The molecule has 21 heavy (non-hydrogen) atoms. The lowest BCUT2D eigenvalue weighted by Gasteiger charge is -2.26. The van der Waals surface area contributed by atoms with Crippen molar-refractivity contribution in [3.63, 3.8) is 0 Å². The number of benzene rings is 1. The summed E-state index contributed by atoms with van der Waals surface area (Å²) in [7, 11) is 0. The largest absolute Gasteiger partial charge is 0.367 e. The normalized spacial score (nSPS) is 17.4. The van der Waals surface area contributed by atoms with E-state index < -0.39 is 0 Å². The van der Waals surface area contributed by atoms with Gasteiger partial charge in [0.05, 0.1) is 5.52 Å². The van der Waals surface area contributed by atoms with Crippen LogP contribution in [0, 0.1) is 0 Å². The van der Waals surface area contributed by atoms with E-state index in [4.69, 9.17) is 0 Å². The molecule has 3 aromatic rings. The first-order chi connectivity index (χ1) is 10.4. The molecule has 0 radical (unpaired) electrons. The van der Waals surface area contributed by atoms with E-state index in [9.17, 15) is 0 Å². The Balaban J connectivity index is 1.43. The maximum absolute atomic E-state index is 4.43. The van der Waals surface area contributed by atoms with Gasteiger partial charge in [-0.1, -0.05) is 18.2 Å². The van der Waals surface area contributed by atoms with E-state index in [-0.39, 0.29) is 0 Å². The number of aromatic amines is 1. The third-order valence-electron chi connectivity index (χ3n) is 4.28. The van der Waals surface area contributed by atoms with E-state index in [1.807, 2.05) is 18.5 Å². The summed E-state index contributed by atoms with van der Waals surface area (Å²) in [5.74, 6) is 1.07. The summed E-state index contributed by atoms with van der Waals surface area (Å²) in [6.45, 7) is 0. The van der Waals surface area contributed by atoms with E-state index in [1.54, 1.807) is 0 Å². The number of fused-ring (bicyclic) bond motifs is 2. The third kappa shape index (κ3) is 2.49. The van der Waals surface area contributed by atoms with Crippen LogP contribution in [0.2, 0.25) is 0 Å². The highest BCUT2D eigenvalue weighted by Gasteiger charge is 2.17. The molecule has 0 fully saturated rings. The van der Waals surface area contributed by atoms with E-state index in [0.29, 0.717) is 6.04 Å². The fourth-order valence-electron chi connectivity index (χ4n) is 3.06. The number of nitrogens with one attached hydrogen (secondary N) is 2. The Labute approximate surface area is 123 Å². The monoisotopic (exact) mass is 278 g/mol. The maximum atomic E-state index is 4.43. The standard InChI is InChI=1S/C17H18N4/c1-2-13-6-8-15(20-17(13)18-9-1)7-4-12-3-5-14-11-19-21-16(14)10-12/h1-3,5,9-11,15H,4,6-8H2,(H,18,20)(H,19,21). The quantitative estimate of drug-likeness (QED) is 0.772. The molecular formula is C17H18N4. The third-order valence-corrected chi connectivity index (χ3v) is 4.28. The number of aromatic nitrogens is 3. The van der Waals surface area contributed by atoms with Crippen LogP contribution < -0.4 is 5.32 Å². The first-order valence-electron chi connectivity index (χ1n) is 7.51. The van der Waals surface area contributed by atoms with Gasteiger partial charge in [0.1, 0.15) is 5.82 Å². The zero-order chi connectivity index (χ0) is 14.1. The SMILES string of the molecule is c1cnc2c(c1)CCC(CCc1ccc3c[nH]nc3c1)N2. The van der Waals surface area contributed by atoms with Crippen LogP contribution in [0.1, 0.15) is 24.0 Å². The fraction of sp³-hybridized carbons (Fsp3) is 0.294. The molecule has 0 aliphatic carbocycles. The molecular weight excluding hydrogens is 260 g/mol. The summed E-state index contributed by atoms with van der Waals surface area (Å²) in [6, 6.07) is 11.2. The van der Waals surface area contributed by atoms with Crippen LogP contribution in [-0.4, -0.2) is 21.2 Å². The molecule has 0 saturated heterocycles. The molecule has 1 aliphatic rings. The number of rotatable bonds is 3. The Bertz CT molecular complexity index is 762. The van der Waals surface area contributed by atoms with Gasteiger partial charge in [-0.2, -0.15) is 5.10 Å². The van der Waals surface area contributed by atoms with Gasteiger partial charge in [0, 0.05) is 23.8 Å². The number of hydrogen-bond donors (Lipinski definition) is 2. The van der Waals surface area contributed by atoms with Crippen molar-refractivity contribution in [1.82, 2.24) is 15.2 Å². The number of aryl methyl sites for hydroxylation is 2. The summed E-state index contributed by atoms with van der Waals surface area (Å²) in [6.07, 6.45) is 8.31. The molecule has 3 heterocycles. The van der Waals surface area contributed by atoms with Crippen LogP contribution >= 0.6 is 0 Å². The molecule has 2 aromatic heterocycles. The lowest BCUT2D eigenvalue weighted by atomic mass is 9.96. The maximum Gasteiger partial charge on any atom is 0.129 e. The molecule has 1 aliphatic heterocycles. The summed E-state index contributed by atoms with van der Waals surface area (Å²) in [5.41, 5.74) is 3.74. The van der Waals surface area contributed by atoms with E-state index in [1.165, 1.54) is 22.9 Å². The van der Waals surface area contributed by atoms with Crippen LogP contribution in [0.15, 0.2) is 42.7 Å². The molecule has 0 spiro atoms. The zero-order valence-corrected chi connectivity index (χ0v) is 11.8. The predicted octanol–water partition coefficient (Wildman–Crippen LogP) is 3.32. The highest BCUT2D eigenvalue weighted by molar-refractivity contribution is 5.78. The molecule has 1 atom stereocenters. The van der Waals surface area contributed by atoms with Gasteiger partial charge in [-0.25, -0.2) is 4.98 Å². The fourth-order valence-corrected chi connectivity index (χ4v) is 3.06. The van der Waals surface area contributed by atoms with Crippen molar-refractivity contribution >= 4 is 16.7 Å². The molecule has 4 heteroatoms. The highest BCUT2D eigenvalue weighted by atomic mass is 15.1. The van der Waals surface area contributed by atoms with Crippen molar-refractivity contribution in [1.29, 1.82) is 0 Å². The molecule has 1 aromatic carbocycles. The topological polar surface area (TPSA) is 53.6 Å². The summed E-state index contributed by atoms with van der Waals surface area (Å²) >= 11 is 0. The van der Waals surface area contributed by atoms with Gasteiger partial charge in [0.15, 0.2) is 0 Å². The minimum absolute atomic E-state index is 0.516. The van der Waals surface area contributed by atoms with Crippen LogP contribution in [0.5, 0.6) is 0 Å². The first kappa shape index (κ1) is 12.4. The summed E-state index contributed by atoms with van der Waals surface area (Å²) in [4.78, 5) is 4.43. The van der Waals surface area contributed by atoms with Crippen LogP contribution in [-0.2, 0) is 12.8 Å². The number of H-pyrrole nitrogens is 1. The molecule has 0 saturated carbocycles. The van der Waals surface area contributed by atoms with Gasteiger partial charge in [0.2, 0.25) is 0 Å². The Morgan fingerprint density at radius 2 is 2.24 bits per heavy atom. The Hall–Kier alpha value is -2.36. The van der Waals surface area contributed by atoms with Gasteiger partial charge in [-0.05, 0) is 48.9 Å². The first-order valence-corrected chi connectivity index (χ1v) is 7.51. The van der Waals surface area contributed by atoms with Gasteiger partial charge >= 0.3 is 0 Å². The molecule has 2 N–H and O–H groups in total. The van der Waals surface area contributed by atoms with E-state index >= 15 is 0 Å². The van der Waals surface area contributed by atoms with Crippen LogP contribution in [0.25, 0.3) is 10.9 Å². The van der Waals surface area contributed by atoms with E-state index in [2.05, 4.69) is 44.8 Å². The molecule has 0 amide bonds. The summed E-state index contributed by atoms with van der Waals surface area (Å²) < 4.78 is 0. The van der Waals surface area contributed by atoms with E-state index in [0.717, 1.165) is 30.6 Å². The Morgan fingerprint density at radius 1 is 1.24 bits per heavy atom. The van der Waals surface area contributed by atoms with Crippen molar-refractivity contribution in [2.45, 2.75) is 31.7 Å². The molecule has 1 unspecified atom stereocenters.